The Kier molecular flexibility index (Phi) is 4.59. The number of nitrogens with one attached hydrogen (secondary N) is 2. The largest absolute Gasteiger partial charge is 0.394 e. The minimum Gasteiger partial charge on any atom is -0.394 e. The van der Waals surface area contributed by atoms with E-state index >= 15 is 0 Å². The van der Waals surface area contributed by atoms with Gasteiger partial charge in [-0.05, 0) is 12.1 Å². The van der Waals surface area contributed by atoms with Gasteiger partial charge in [-0.25, -0.2) is 0 Å². The topological polar surface area (TPSA) is 94.7 Å². The van der Waals surface area contributed by atoms with E-state index in [9.17, 15) is 14.7 Å². The zero-order valence-electron chi connectivity index (χ0n) is 12.6. The monoisotopic (exact) mass is 317 g/mol. The van der Waals surface area contributed by atoms with E-state index in [1.165, 1.54) is 0 Å². The Labute approximate surface area is 133 Å². The Bertz CT molecular complexity index is 673. The number of aromatic nitrogens is 1. The fourth-order valence-corrected chi connectivity index (χ4v) is 2.62. The molecule has 0 saturated carbocycles. The normalized spacial score (nSPS) is 16.3. The lowest BCUT2D eigenvalue weighted by molar-refractivity contribution is -0.138. The third-order valence-electron chi connectivity index (χ3n) is 3.88. The van der Waals surface area contributed by atoms with Crippen molar-refractivity contribution < 1.29 is 19.4 Å². The number of fused-ring (bicyclic) bond motifs is 1. The van der Waals surface area contributed by atoms with Crippen molar-refractivity contribution >= 4 is 22.7 Å². The third kappa shape index (κ3) is 3.35. The van der Waals surface area contributed by atoms with Gasteiger partial charge in [-0.1, -0.05) is 18.2 Å². The van der Waals surface area contributed by atoms with Crippen LogP contribution in [0.1, 0.15) is 10.5 Å². The second-order valence-electron chi connectivity index (χ2n) is 5.42. The zero-order valence-corrected chi connectivity index (χ0v) is 12.6. The summed E-state index contributed by atoms with van der Waals surface area (Å²) < 4.78 is 5.20. The van der Waals surface area contributed by atoms with Crippen LogP contribution >= 0.6 is 0 Å². The van der Waals surface area contributed by atoms with Crippen LogP contribution in [0, 0.1) is 0 Å². The average molecular weight is 317 g/mol. The fraction of sp³-hybridized carbons (Fsp3) is 0.375. The van der Waals surface area contributed by atoms with Crippen LogP contribution in [0.2, 0.25) is 0 Å². The number of hydrogen-bond acceptors (Lipinski definition) is 4. The van der Waals surface area contributed by atoms with Gasteiger partial charge in [-0.2, -0.15) is 0 Å². The summed E-state index contributed by atoms with van der Waals surface area (Å²) >= 11 is 0. The number of aliphatic hydroxyl groups is 1. The highest BCUT2D eigenvalue weighted by molar-refractivity contribution is 6.00. The van der Waals surface area contributed by atoms with Gasteiger partial charge in [-0.15, -0.1) is 0 Å². The Morgan fingerprint density at radius 2 is 2.04 bits per heavy atom. The highest BCUT2D eigenvalue weighted by Gasteiger charge is 2.27. The molecular formula is C16H19N3O4. The summed E-state index contributed by atoms with van der Waals surface area (Å²) in [5, 5.41) is 13.0. The fourth-order valence-electron chi connectivity index (χ4n) is 2.62. The van der Waals surface area contributed by atoms with E-state index < -0.39 is 18.6 Å². The van der Waals surface area contributed by atoms with E-state index in [0.717, 1.165) is 10.9 Å². The van der Waals surface area contributed by atoms with Crippen molar-refractivity contribution in [3.63, 3.8) is 0 Å². The number of nitrogens with zero attached hydrogens (tertiary/aromatic N) is 1. The molecule has 2 heterocycles. The molecule has 2 amide bonds. The molecule has 1 aliphatic rings. The van der Waals surface area contributed by atoms with E-state index in [-0.39, 0.29) is 5.91 Å². The standard InChI is InChI=1S/C16H19N3O4/c20-10-14(16(22)19-5-7-23-8-6-19)18-15(21)13-9-11-3-1-2-4-12(11)17-13/h1-4,9,14,17,20H,5-8,10H2,(H,18,21). The van der Waals surface area contributed by atoms with Gasteiger partial charge in [0.05, 0.1) is 19.8 Å². The predicted molar refractivity (Wildman–Crippen MR) is 84.0 cm³/mol. The highest BCUT2D eigenvalue weighted by atomic mass is 16.5. The van der Waals surface area contributed by atoms with E-state index in [4.69, 9.17) is 4.74 Å². The average Bonchev–Trinajstić information content (AvgIpc) is 3.04. The molecule has 7 nitrogen and oxygen atoms in total. The Balaban J connectivity index is 1.70. The summed E-state index contributed by atoms with van der Waals surface area (Å²) in [7, 11) is 0. The number of hydrogen-bond donors (Lipinski definition) is 3. The molecule has 3 rings (SSSR count). The van der Waals surface area contributed by atoms with Gasteiger partial charge in [0.15, 0.2) is 0 Å². The number of morpholine rings is 1. The van der Waals surface area contributed by atoms with Crippen molar-refractivity contribution in [2.75, 3.05) is 32.9 Å². The molecule has 23 heavy (non-hydrogen) atoms. The number of amides is 2. The van der Waals surface area contributed by atoms with Gasteiger partial charge in [0.2, 0.25) is 5.91 Å². The molecule has 0 bridgehead atoms. The smallest absolute Gasteiger partial charge is 0.268 e. The molecule has 0 radical (unpaired) electrons. The quantitative estimate of drug-likeness (QED) is 0.746. The number of carbonyl (C=O) groups excluding carboxylic acids is 2. The van der Waals surface area contributed by atoms with Gasteiger partial charge >= 0.3 is 0 Å². The van der Waals surface area contributed by atoms with E-state index in [0.29, 0.717) is 32.0 Å². The highest BCUT2D eigenvalue weighted by Crippen LogP contribution is 2.14. The molecule has 1 aromatic heterocycles. The lowest BCUT2D eigenvalue weighted by Crippen LogP contribution is -2.53. The van der Waals surface area contributed by atoms with Crippen LogP contribution in [0.25, 0.3) is 10.9 Å². The van der Waals surface area contributed by atoms with Crippen LogP contribution < -0.4 is 5.32 Å². The number of aliphatic hydroxyl groups excluding tert-OH is 1. The molecule has 1 fully saturated rings. The summed E-state index contributed by atoms with van der Waals surface area (Å²) in [5.74, 6) is -0.706. The summed E-state index contributed by atoms with van der Waals surface area (Å²) in [5.41, 5.74) is 1.21. The minimum absolute atomic E-state index is 0.291. The number of para-hydroxylation sites is 1. The second kappa shape index (κ2) is 6.80. The summed E-state index contributed by atoms with van der Waals surface area (Å²) in [6.45, 7) is 1.44. The second-order valence-corrected chi connectivity index (χ2v) is 5.42. The number of H-pyrrole nitrogens is 1. The van der Waals surface area contributed by atoms with Crippen LogP contribution in [-0.4, -0.2) is 65.8 Å². The molecule has 3 N–H and O–H groups in total. The van der Waals surface area contributed by atoms with Crippen molar-refractivity contribution in [2.24, 2.45) is 0 Å². The molecule has 2 aromatic rings. The first-order valence-corrected chi connectivity index (χ1v) is 7.55. The Morgan fingerprint density at radius 3 is 2.74 bits per heavy atom. The van der Waals surface area contributed by atoms with E-state index in [1.54, 1.807) is 11.0 Å². The van der Waals surface area contributed by atoms with Crippen molar-refractivity contribution in [1.82, 2.24) is 15.2 Å². The van der Waals surface area contributed by atoms with Gasteiger partial charge in [0.1, 0.15) is 11.7 Å². The van der Waals surface area contributed by atoms with Crippen molar-refractivity contribution in [3.8, 4) is 0 Å². The molecule has 1 unspecified atom stereocenters. The number of aromatic amines is 1. The first kappa shape index (κ1) is 15.5. The summed E-state index contributed by atoms with van der Waals surface area (Å²) in [6.07, 6.45) is 0. The number of benzene rings is 1. The lowest BCUT2D eigenvalue weighted by atomic mass is 10.2. The van der Waals surface area contributed by atoms with E-state index in [1.807, 2.05) is 24.3 Å². The minimum atomic E-state index is -0.952. The molecule has 1 atom stereocenters. The van der Waals surface area contributed by atoms with E-state index in [2.05, 4.69) is 10.3 Å². The third-order valence-corrected chi connectivity index (χ3v) is 3.88. The molecule has 1 aromatic carbocycles. The molecule has 1 aliphatic heterocycles. The zero-order chi connectivity index (χ0) is 16.2. The molecule has 7 heteroatoms. The Hall–Kier alpha value is -2.38. The van der Waals surface area contributed by atoms with Crippen LogP contribution in [0.4, 0.5) is 0 Å². The number of carbonyl (C=O) groups is 2. The van der Waals surface area contributed by atoms with Crippen LogP contribution in [0.15, 0.2) is 30.3 Å². The summed E-state index contributed by atoms with van der Waals surface area (Å²) in [4.78, 5) is 29.3. The first-order valence-electron chi connectivity index (χ1n) is 7.55. The lowest BCUT2D eigenvalue weighted by Gasteiger charge is -2.30. The van der Waals surface area contributed by atoms with Crippen molar-refractivity contribution in [1.29, 1.82) is 0 Å². The Morgan fingerprint density at radius 1 is 1.30 bits per heavy atom. The molecular weight excluding hydrogens is 298 g/mol. The number of ether oxygens (including phenoxy) is 1. The van der Waals surface area contributed by atoms with Gasteiger partial charge < -0.3 is 25.0 Å². The van der Waals surface area contributed by atoms with Gasteiger partial charge in [-0.3, -0.25) is 9.59 Å². The maximum atomic E-state index is 12.4. The van der Waals surface area contributed by atoms with Crippen LogP contribution in [0.3, 0.4) is 0 Å². The molecule has 1 saturated heterocycles. The first-order chi connectivity index (χ1) is 11.2. The maximum absolute atomic E-state index is 12.4. The van der Waals surface area contributed by atoms with Crippen molar-refractivity contribution in [2.45, 2.75) is 6.04 Å². The van der Waals surface area contributed by atoms with Crippen molar-refractivity contribution in [3.05, 3.63) is 36.0 Å². The van der Waals surface area contributed by atoms with Crippen LogP contribution in [-0.2, 0) is 9.53 Å². The molecule has 0 aliphatic carbocycles. The predicted octanol–water partition coefficient (Wildman–Crippen LogP) is 0.117. The van der Waals surface area contributed by atoms with Crippen LogP contribution in [0.5, 0.6) is 0 Å². The molecule has 0 spiro atoms. The SMILES string of the molecule is O=C(NC(CO)C(=O)N1CCOCC1)c1cc2ccccc2[nH]1. The molecule has 122 valence electrons. The number of rotatable bonds is 4. The summed E-state index contributed by atoms with van der Waals surface area (Å²) in [6, 6.07) is 8.29. The van der Waals surface area contributed by atoms with Gasteiger partial charge in [0, 0.05) is 24.0 Å². The van der Waals surface area contributed by atoms with Gasteiger partial charge in [0.25, 0.3) is 5.91 Å². The maximum Gasteiger partial charge on any atom is 0.268 e.